The third-order valence-electron chi connectivity index (χ3n) is 0.646. The van der Waals surface area contributed by atoms with Crippen LogP contribution in [0.15, 0.2) is 4.79 Å². The van der Waals surface area contributed by atoms with E-state index in [9.17, 15) is 4.79 Å². The summed E-state index contributed by atoms with van der Waals surface area (Å²) in [6, 6.07) is 0.0370. The first-order valence-corrected chi connectivity index (χ1v) is 2.42. The van der Waals surface area contributed by atoms with Crippen molar-refractivity contribution in [2.45, 2.75) is 6.00 Å². The molecule has 0 fully saturated rings. The molecule has 1 aromatic rings. The molecule has 0 aromatic carbocycles. The third kappa shape index (κ3) is 0.717. The highest BCUT2D eigenvalue weighted by Crippen LogP contribution is 1.73. The van der Waals surface area contributed by atoms with Gasteiger partial charge in [-0.25, -0.2) is 9.89 Å². The summed E-state index contributed by atoms with van der Waals surface area (Å²) in [6.07, 6.45) is 0. The molecule has 1 heterocycles. The molecule has 0 amide bonds. The summed E-state index contributed by atoms with van der Waals surface area (Å²) < 4.78 is 1.00. The summed E-state index contributed by atoms with van der Waals surface area (Å²) in [5.41, 5.74) is -0.389. The number of hydrogen-bond donors (Lipinski definition) is 1. The van der Waals surface area contributed by atoms with E-state index >= 15 is 0 Å². The Hall–Kier alpha value is -0.840. The van der Waals surface area contributed by atoms with Crippen LogP contribution in [0.25, 0.3) is 0 Å². The lowest BCUT2D eigenvalue weighted by Gasteiger charge is -1.80. The number of hydrogen-bond acceptors (Lipinski definition) is 3. The maximum Gasteiger partial charge on any atom is 0.362 e. The van der Waals surface area contributed by atoms with E-state index in [1.807, 2.05) is 0 Å². The number of halogens is 1. The average molecular weight is 135 g/mol. The summed E-state index contributed by atoms with van der Waals surface area (Å²) in [5, 5.41) is 8.57. The fourth-order valence-corrected chi connectivity index (χ4v) is 0.452. The van der Waals surface area contributed by atoms with Crippen LogP contribution in [0.5, 0.6) is 0 Å². The molecule has 0 bridgehead atoms. The quantitative estimate of drug-likeness (QED) is 0.510. The molecular weight excluding hydrogens is 132 g/mol. The van der Waals surface area contributed by atoms with E-state index in [-0.39, 0.29) is 11.7 Å². The molecule has 0 aliphatic rings. The van der Waals surface area contributed by atoms with Crippen molar-refractivity contribution in [2.24, 2.45) is 0 Å². The molecule has 0 atom stereocenters. The van der Waals surface area contributed by atoms with Gasteiger partial charge in [0, 0.05) is 0 Å². The van der Waals surface area contributed by atoms with Crippen molar-refractivity contribution in [3.63, 3.8) is 0 Å². The van der Waals surface area contributed by atoms with Crippen molar-refractivity contribution >= 4 is 11.6 Å². The first-order valence-electron chi connectivity index (χ1n) is 1.88. The van der Waals surface area contributed by atoms with Crippen LogP contribution in [-0.4, -0.2) is 20.2 Å². The van der Waals surface area contributed by atoms with Gasteiger partial charge in [-0.15, -0.1) is 11.6 Å². The van der Waals surface area contributed by atoms with E-state index < -0.39 is 0 Å². The zero-order chi connectivity index (χ0) is 5.98. The first kappa shape index (κ1) is 5.30. The minimum absolute atomic E-state index is 0.0370. The van der Waals surface area contributed by atoms with Crippen molar-refractivity contribution in [3.05, 3.63) is 10.5 Å². The Labute approximate surface area is 49.2 Å². The van der Waals surface area contributed by atoms with Gasteiger partial charge in [-0.1, -0.05) is 0 Å². The van der Waals surface area contributed by atoms with Gasteiger partial charge < -0.3 is 0 Å². The number of alkyl halides is 1. The number of H-pyrrole nitrogens is 1. The molecule has 0 aliphatic carbocycles. The lowest BCUT2D eigenvalue weighted by atomic mass is 11.2. The molecule has 0 spiro atoms. The van der Waals surface area contributed by atoms with Gasteiger partial charge in [0.05, 0.1) is 0 Å². The fraction of sp³-hybridized carbons (Fsp3) is 0.500. The molecule has 6 heteroatoms. The van der Waals surface area contributed by atoms with Gasteiger partial charge in [0.2, 0.25) is 0 Å². The minimum Gasteiger partial charge on any atom is -0.244 e. The summed E-state index contributed by atoms with van der Waals surface area (Å²) in [4.78, 5) is 10.3. The van der Waals surface area contributed by atoms with Crippen molar-refractivity contribution in [3.8, 4) is 0 Å². The normalized spacial score (nSPS) is 9.62. The average Bonchev–Trinajstić information content (AvgIpc) is 2.14. The van der Waals surface area contributed by atoms with Gasteiger partial charge in [0.15, 0.2) is 0 Å². The Bertz CT molecular complexity index is 214. The standard InChI is InChI=1S/C2H3ClN4O/c3-1-7-2(8)4-5-6-7/h1H2,(H,4,6,8). The second-order valence-electron chi connectivity index (χ2n) is 1.13. The van der Waals surface area contributed by atoms with E-state index in [2.05, 4.69) is 15.5 Å². The Morgan fingerprint density at radius 1 is 1.88 bits per heavy atom. The van der Waals surface area contributed by atoms with Crippen molar-refractivity contribution < 1.29 is 0 Å². The van der Waals surface area contributed by atoms with E-state index in [1.54, 1.807) is 0 Å². The molecule has 0 saturated heterocycles. The first-order chi connectivity index (χ1) is 3.84. The summed E-state index contributed by atoms with van der Waals surface area (Å²) in [6.45, 7) is 0. The van der Waals surface area contributed by atoms with Gasteiger partial charge in [0.25, 0.3) is 0 Å². The topological polar surface area (TPSA) is 63.6 Å². The second-order valence-corrected chi connectivity index (χ2v) is 1.36. The van der Waals surface area contributed by atoms with Gasteiger partial charge in [-0.05, 0) is 10.4 Å². The molecule has 0 unspecified atom stereocenters. The molecule has 44 valence electrons. The molecule has 8 heavy (non-hydrogen) atoms. The van der Waals surface area contributed by atoms with Crippen LogP contribution in [0.4, 0.5) is 0 Å². The van der Waals surface area contributed by atoms with Crippen molar-refractivity contribution in [2.75, 3.05) is 0 Å². The molecule has 0 aliphatic heterocycles. The van der Waals surface area contributed by atoms with Crippen LogP contribution in [0.3, 0.4) is 0 Å². The molecule has 5 nitrogen and oxygen atoms in total. The van der Waals surface area contributed by atoms with Gasteiger partial charge in [0.1, 0.15) is 6.00 Å². The number of nitrogens with one attached hydrogen (secondary N) is 1. The monoisotopic (exact) mass is 134 g/mol. The van der Waals surface area contributed by atoms with E-state index in [0.29, 0.717) is 0 Å². The van der Waals surface area contributed by atoms with Gasteiger partial charge in [-0.3, -0.25) is 0 Å². The lowest BCUT2D eigenvalue weighted by molar-refractivity contribution is 0.676. The maximum atomic E-state index is 10.3. The number of nitrogens with zero attached hydrogens (tertiary/aromatic N) is 3. The number of aromatic nitrogens is 4. The minimum atomic E-state index is -0.389. The van der Waals surface area contributed by atoms with Gasteiger partial charge >= 0.3 is 5.69 Å². The third-order valence-corrected chi connectivity index (χ3v) is 0.872. The molecular formula is C2H3ClN4O. The van der Waals surface area contributed by atoms with Gasteiger partial charge in [-0.2, -0.15) is 4.68 Å². The highest BCUT2D eigenvalue weighted by atomic mass is 35.5. The smallest absolute Gasteiger partial charge is 0.244 e. The number of rotatable bonds is 1. The van der Waals surface area contributed by atoms with Crippen molar-refractivity contribution in [1.29, 1.82) is 0 Å². The molecule has 0 radical (unpaired) electrons. The predicted octanol–water partition coefficient (Wildman–Crippen LogP) is -0.837. The molecule has 1 N–H and O–H groups in total. The van der Waals surface area contributed by atoms with Crippen LogP contribution in [0.1, 0.15) is 0 Å². The summed E-state index contributed by atoms with van der Waals surface area (Å²) >= 11 is 5.21. The summed E-state index contributed by atoms with van der Waals surface area (Å²) in [7, 11) is 0. The Morgan fingerprint density at radius 3 is 2.88 bits per heavy atom. The van der Waals surface area contributed by atoms with Crippen molar-refractivity contribution in [1.82, 2.24) is 20.2 Å². The number of tetrazole rings is 1. The lowest BCUT2D eigenvalue weighted by Crippen LogP contribution is -2.15. The highest BCUT2D eigenvalue weighted by molar-refractivity contribution is 6.15. The van der Waals surface area contributed by atoms with Crippen LogP contribution < -0.4 is 5.69 Å². The second kappa shape index (κ2) is 1.95. The van der Waals surface area contributed by atoms with Crippen LogP contribution >= 0.6 is 11.6 Å². The SMILES string of the molecule is O=c1[nH]nnn1CCl. The van der Waals surface area contributed by atoms with E-state index in [4.69, 9.17) is 11.6 Å². The van der Waals surface area contributed by atoms with Crippen LogP contribution in [0.2, 0.25) is 0 Å². The van der Waals surface area contributed by atoms with E-state index in [1.165, 1.54) is 0 Å². The summed E-state index contributed by atoms with van der Waals surface area (Å²) in [5.74, 6) is 0. The van der Waals surface area contributed by atoms with E-state index in [0.717, 1.165) is 4.68 Å². The highest BCUT2D eigenvalue weighted by Gasteiger charge is 1.91. The largest absolute Gasteiger partial charge is 0.362 e. The fourth-order valence-electron chi connectivity index (χ4n) is 0.296. The molecule has 1 rings (SSSR count). The Morgan fingerprint density at radius 2 is 2.62 bits per heavy atom. The Balaban J connectivity index is 3.11. The van der Waals surface area contributed by atoms with Crippen LogP contribution in [-0.2, 0) is 6.00 Å². The molecule has 1 aromatic heterocycles. The zero-order valence-electron chi connectivity index (χ0n) is 3.83. The predicted molar refractivity (Wildman–Crippen MR) is 26.5 cm³/mol. The zero-order valence-corrected chi connectivity index (χ0v) is 4.59. The van der Waals surface area contributed by atoms with Crippen LogP contribution in [0, 0.1) is 0 Å². The number of aromatic amines is 1. The maximum absolute atomic E-state index is 10.3. The molecule has 0 saturated carbocycles. The Kier molecular flexibility index (Phi) is 1.29.